The van der Waals surface area contributed by atoms with E-state index in [1.54, 1.807) is 0 Å². The molecular formula is C14H22N2O5. The summed E-state index contributed by atoms with van der Waals surface area (Å²) in [6.45, 7) is 5.49. The molecule has 0 bridgehead atoms. The number of benzene rings is 1. The van der Waals surface area contributed by atoms with Crippen LogP contribution in [-0.2, 0) is 0 Å². The van der Waals surface area contributed by atoms with Gasteiger partial charge in [-0.1, -0.05) is 13.8 Å². The molecule has 0 fully saturated rings. The van der Waals surface area contributed by atoms with Gasteiger partial charge in [0.05, 0.1) is 18.1 Å². The van der Waals surface area contributed by atoms with Gasteiger partial charge in [-0.25, -0.2) is 0 Å². The Kier molecular flexibility index (Phi) is 6.90. The van der Waals surface area contributed by atoms with Crippen molar-refractivity contribution in [3.63, 3.8) is 0 Å². The molecule has 0 saturated carbocycles. The lowest BCUT2D eigenvalue weighted by molar-refractivity contribution is -0.384. The highest BCUT2D eigenvalue weighted by Gasteiger charge is 2.13. The van der Waals surface area contributed by atoms with Crippen LogP contribution < -0.4 is 14.8 Å². The minimum atomic E-state index is -0.663. The number of ether oxygens (including phenoxy) is 2. The van der Waals surface area contributed by atoms with Gasteiger partial charge in [0.1, 0.15) is 12.7 Å². The van der Waals surface area contributed by atoms with Gasteiger partial charge in [0.25, 0.3) is 5.69 Å². The van der Waals surface area contributed by atoms with Crippen LogP contribution in [-0.4, -0.2) is 42.9 Å². The molecule has 1 aromatic carbocycles. The van der Waals surface area contributed by atoms with Gasteiger partial charge in [0.2, 0.25) is 0 Å². The summed E-state index contributed by atoms with van der Waals surface area (Å²) >= 11 is 0. The lowest BCUT2D eigenvalue weighted by Crippen LogP contribution is -2.33. The summed E-state index contributed by atoms with van der Waals surface area (Å²) in [5.41, 5.74) is -0.0710. The minimum Gasteiger partial charge on any atom is -0.493 e. The van der Waals surface area contributed by atoms with E-state index in [0.717, 1.165) is 6.54 Å². The van der Waals surface area contributed by atoms with Crippen molar-refractivity contribution in [2.24, 2.45) is 5.92 Å². The Morgan fingerprint density at radius 3 is 2.62 bits per heavy atom. The maximum Gasteiger partial charge on any atom is 0.273 e. The van der Waals surface area contributed by atoms with E-state index in [2.05, 4.69) is 19.2 Å². The number of aliphatic hydroxyl groups excluding tert-OH is 1. The smallest absolute Gasteiger partial charge is 0.273 e. The molecule has 1 atom stereocenters. The van der Waals surface area contributed by atoms with E-state index >= 15 is 0 Å². The first-order valence-corrected chi connectivity index (χ1v) is 6.78. The highest BCUT2D eigenvalue weighted by Crippen LogP contribution is 2.31. The van der Waals surface area contributed by atoms with Gasteiger partial charge in [0, 0.05) is 12.6 Å². The fourth-order valence-corrected chi connectivity index (χ4v) is 1.67. The summed E-state index contributed by atoms with van der Waals surface area (Å²) in [5.74, 6) is 1.14. The Balaban J connectivity index is 2.52. The number of hydrogen-bond donors (Lipinski definition) is 2. The van der Waals surface area contributed by atoms with Crippen LogP contribution in [0.15, 0.2) is 18.2 Å². The summed E-state index contributed by atoms with van der Waals surface area (Å²) < 4.78 is 10.5. The molecule has 7 nitrogen and oxygen atoms in total. The van der Waals surface area contributed by atoms with E-state index in [1.807, 2.05) is 0 Å². The van der Waals surface area contributed by atoms with Crippen LogP contribution in [0.2, 0.25) is 0 Å². The maximum absolute atomic E-state index is 10.7. The predicted molar refractivity (Wildman–Crippen MR) is 78.9 cm³/mol. The van der Waals surface area contributed by atoms with E-state index in [0.29, 0.717) is 18.2 Å². The van der Waals surface area contributed by atoms with Crippen molar-refractivity contribution >= 4 is 5.69 Å². The Labute approximate surface area is 124 Å². The molecular weight excluding hydrogens is 276 g/mol. The van der Waals surface area contributed by atoms with Crippen LogP contribution in [0.4, 0.5) is 5.69 Å². The molecule has 21 heavy (non-hydrogen) atoms. The standard InChI is InChI=1S/C14H22N2O5/c1-10(2)7-15-8-12(17)9-21-13-5-4-11(16(18)19)6-14(13)20-3/h4-6,10,12,15,17H,7-9H2,1-3H3. The van der Waals surface area contributed by atoms with Crippen molar-refractivity contribution in [1.29, 1.82) is 0 Å². The van der Waals surface area contributed by atoms with Crippen molar-refractivity contribution in [3.05, 3.63) is 28.3 Å². The summed E-state index contributed by atoms with van der Waals surface area (Å²) in [4.78, 5) is 10.2. The molecule has 0 amide bonds. The number of nitrogens with one attached hydrogen (secondary N) is 1. The number of hydrogen-bond acceptors (Lipinski definition) is 6. The Hall–Kier alpha value is -1.86. The van der Waals surface area contributed by atoms with Crippen molar-refractivity contribution in [2.45, 2.75) is 20.0 Å². The zero-order chi connectivity index (χ0) is 15.8. The van der Waals surface area contributed by atoms with Crippen LogP contribution in [0.5, 0.6) is 11.5 Å². The molecule has 0 saturated heterocycles. The molecule has 0 aliphatic rings. The number of rotatable bonds is 9. The van der Waals surface area contributed by atoms with Gasteiger partial charge in [-0.05, 0) is 18.5 Å². The molecule has 0 spiro atoms. The minimum absolute atomic E-state index is 0.0710. The first kappa shape index (κ1) is 17.2. The average molecular weight is 298 g/mol. The zero-order valence-corrected chi connectivity index (χ0v) is 12.5. The molecule has 0 aromatic heterocycles. The van der Waals surface area contributed by atoms with Crippen LogP contribution in [0, 0.1) is 16.0 Å². The number of nitro groups is 1. The molecule has 1 aromatic rings. The largest absolute Gasteiger partial charge is 0.493 e. The third-order valence-corrected chi connectivity index (χ3v) is 2.72. The lowest BCUT2D eigenvalue weighted by atomic mass is 10.2. The lowest BCUT2D eigenvalue weighted by Gasteiger charge is -2.15. The number of methoxy groups -OCH3 is 1. The van der Waals surface area contributed by atoms with E-state index in [-0.39, 0.29) is 18.0 Å². The molecule has 0 aliphatic heterocycles. The van der Waals surface area contributed by atoms with Crippen LogP contribution in [0.3, 0.4) is 0 Å². The van der Waals surface area contributed by atoms with Crippen LogP contribution in [0.1, 0.15) is 13.8 Å². The monoisotopic (exact) mass is 298 g/mol. The summed E-state index contributed by atoms with van der Waals surface area (Å²) in [7, 11) is 1.41. The average Bonchev–Trinajstić information content (AvgIpc) is 2.44. The van der Waals surface area contributed by atoms with Crippen LogP contribution >= 0.6 is 0 Å². The van der Waals surface area contributed by atoms with Gasteiger partial charge >= 0.3 is 0 Å². The van der Waals surface area contributed by atoms with Gasteiger partial charge < -0.3 is 19.9 Å². The number of non-ortho nitro benzene ring substituents is 1. The first-order chi connectivity index (χ1) is 9.93. The fourth-order valence-electron chi connectivity index (χ4n) is 1.67. The fraction of sp³-hybridized carbons (Fsp3) is 0.571. The van der Waals surface area contributed by atoms with Crippen molar-refractivity contribution in [1.82, 2.24) is 5.32 Å². The normalized spacial score (nSPS) is 12.2. The number of nitrogens with zero attached hydrogens (tertiary/aromatic N) is 1. The Bertz CT molecular complexity index is 465. The molecule has 7 heteroatoms. The molecule has 118 valence electrons. The van der Waals surface area contributed by atoms with E-state index in [9.17, 15) is 15.2 Å². The second-order valence-corrected chi connectivity index (χ2v) is 5.11. The summed E-state index contributed by atoms with van der Waals surface area (Å²) in [6, 6.07) is 4.09. The predicted octanol–water partition coefficient (Wildman–Crippen LogP) is 1.59. The molecule has 0 aliphatic carbocycles. The summed E-state index contributed by atoms with van der Waals surface area (Å²) in [6.07, 6.45) is -0.663. The van der Waals surface area contributed by atoms with E-state index in [1.165, 1.54) is 25.3 Å². The first-order valence-electron chi connectivity index (χ1n) is 6.78. The second kappa shape index (κ2) is 8.43. The Morgan fingerprint density at radius 1 is 1.33 bits per heavy atom. The van der Waals surface area contributed by atoms with Gasteiger partial charge in [0.15, 0.2) is 11.5 Å². The van der Waals surface area contributed by atoms with Gasteiger partial charge in [-0.2, -0.15) is 0 Å². The van der Waals surface area contributed by atoms with Gasteiger partial charge in [-0.3, -0.25) is 10.1 Å². The number of nitro benzene ring substituents is 1. The van der Waals surface area contributed by atoms with Crippen molar-refractivity contribution in [2.75, 3.05) is 26.8 Å². The van der Waals surface area contributed by atoms with E-state index in [4.69, 9.17) is 9.47 Å². The second-order valence-electron chi connectivity index (χ2n) is 5.11. The Morgan fingerprint density at radius 2 is 2.05 bits per heavy atom. The van der Waals surface area contributed by atoms with Crippen molar-refractivity contribution < 1.29 is 19.5 Å². The quantitative estimate of drug-likeness (QED) is 0.531. The topological polar surface area (TPSA) is 93.9 Å². The molecule has 2 N–H and O–H groups in total. The SMILES string of the molecule is COc1cc([N+](=O)[O-])ccc1OCC(O)CNCC(C)C. The maximum atomic E-state index is 10.7. The zero-order valence-electron chi connectivity index (χ0n) is 12.5. The molecule has 1 rings (SSSR count). The van der Waals surface area contributed by atoms with E-state index < -0.39 is 11.0 Å². The molecule has 0 heterocycles. The third-order valence-electron chi connectivity index (χ3n) is 2.72. The van der Waals surface area contributed by atoms with Crippen molar-refractivity contribution in [3.8, 4) is 11.5 Å². The van der Waals surface area contributed by atoms with Gasteiger partial charge in [-0.15, -0.1) is 0 Å². The highest BCUT2D eigenvalue weighted by molar-refractivity contribution is 5.48. The molecule has 0 radical (unpaired) electrons. The number of aliphatic hydroxyl groups is 1. The highest BCUT2D eigenvalue weighted by atomic mass is 16.6. The third kappa shape index (κ3) is 5.97. The molecule has 1 unspecified atom stereocenters. The van der Waals surface area contributed by atoms with Crippen LogP contribution in [0.25, 0.3) is 0 Å². The summed E-state index contributed by atoms with van der Waals surface area (Å²) in [5, 5.41) is 23.6.